The normalized spacial score (nSPS) is 10.6. The van der Waals surface area contributed by atoms with Crippen LogP contribution in [-0.4, -0.2) is 58.2 Å². The van der Waals surface area contributed by atoms with Gasteiger partial charge in [0.1, 0.15) is 17.2 Å². The van der Waals surface area contributed by atoms with Gasteiger partial charge in [-0.15, -0.1) is 0 Å². The number of ketones is 1. The van der Waals surface area contributed by atoms with Crippen molar-refractivity contribution in [1.29, 1.82) is 0 Å². The molecule has 0 fully saturated rings. The molecule has 0 aliphatic carbocycles. The molecule has 2 rings (SSSR count). The predicted octanol–water partition coefficient (Wildman–Crippen LogP) is 1.21. The number of carbonyl (C=O) groups excluding carboxylic acids is 4. The average Bonchev–Trinajstić information content (AvgIpc) is 2.72. The van der Waals surface area contributed by atoms with E-state index in [9.17, 15) is 27.6 Å². The number of amides is 3. The highest BCUT2D eigenvalue weighted by Gasteiger charge is 2.26. The number of anilines is 1. The molecule has 11 heteroatoms. The van der Waals surface area contributed by atoms with Crippen LogP contribution in [-0.2, 0) is 24.4 Å². The average molecular weight is 434 g/mol. The molecule has 30 heavy (non-hydrogen) atoms. The Hall–Kier alpha value is -3.73. The molecule has 2 aromatic carbocycles. The Balaban J connectivity index is 2.66. The van der Waals surface area contributed by atoms with Crippen LogP contribution in [0.25, 0.3) is 0 Å². The van der Waals surface area contributed by atoms with Gasteiger partial charge < -0.3 is 9.47 Å². The lowest BCUT2D eigenvalue weighted by atomic mass is 10.1. The fourth-order valence-corrected chi connectivity index (χ4v) is 3.13. The van der Waals surface area contributed by atoms with E-state index in [1.807, 2.05) is 0 Å². The van der Waals surface area contributed by atoms with Crippen molar-refractivity contribution in [2.24, 2.45) is 0 Å². The van der Waals surface area contributed by atoms with Crippen molar-refractivity contribution in [3.8, 4) is 17.2 Å². The summed E-state index contributed by atoms with van der Waals surface area (Å²) >= 11 is 0. The third kappa shape index (κ3) is 5.20. The van der Waals surface area contributed by atoms with E-state index < -0.39 is 22.4 Å². The Morgan fingerprint density at radius 3 is 2.13 bits per heavy atom. The number of para-hydroxylation sites is 1. The summed E-state index contributed by atoms with van der Waals surface area (Å²) in [4.78, 5) is 46.4. The van der Waals surface area contributed by atoms with Crippen LogP contribution in [0.1, 0.15) is 10.4 Å². The van der Waals surface area contributed by atoms with Crippen LogP contribution in [0.4, 0.5) is 5.69 Å². The van der Waals surface area contributed by atoms with E-state index in [0.717, 1.165) is 12.3 Å². The number of Topliss-reactive ketones (excluding diaryl/α,β-unsaturated/α-hetero) is 1. The van der Waals surface area contributed by atoms with Crippen molar-refractivity contribution in [2.45, 2.75) is 0 Å². The first-order valence-corrected chi connectivity index (χ1v) is 10.2. The van der Waals surface area contributed by atoms with Crippen LogP contribution in [0.3, 0.4) is 0 Å². The standard InChI is InChI=1S/C19H18N2O8S/c1-28-18-9-16(21(13-24)30(2,26)27)19(29-14-6-4-3-5-7-14)8-15(18)17(25)10-20(11-22)12-23/h3-9,11-13H,10H2,1-2H3. The number of hydrogen-bond acceptors (Lipinski definition) is 8. The van der Waals surface area contributed by atoms with Gasteiger partial charge in [0.2, 0.25) is 29.3 Å². The molecular weight excluding hydrogens is 416 g/mol. The molecule has 0 bridgehead atoms. The van der Waals surface area contributed by atoms with Gasteiger partial charge in [0, 0.05) is 6.07 Å². The second-order valence-electron chi connectivity index (χ2n) is 5.91. The van der Waals surface area contributed by atoms with Gasteiger partial charge in [-0.3, -0.25) is 24.1 Å². The van der Waals surface area contributed by atoms with E-state index in [-0.39, 0.29) is 42.0 Å². The second kappa shape index (κ2) is 9.65. The molecule has 0 spiro atoms. The first-order chi connectivity index (χ1) is 14.2. The molecule has 0 saturated heterocycles. The Morgan fingerprint density at radius 1 is 1.00 bits per heavy atom. The number of carbonyl (C=O) groups is 4. The van der Waals surface area contributed by atoms with Gasteiger partial charge in [-0.2, -0.15) is 0 Å². The van der Waals surface area contributed by atoms with Gasteiger partial charge >= 0.3 is 0 Å². The lowest BCUT2D eigenvalue weighted by Gasteiger charge is -2.21. The topological polar surface area (TPSA) is 127 Å². The zero-order valence-corrected chi connectivity index (χ0v) is 16.9. The largest absolute Gasteiger partial charge is 0.496 e. The summed E-state index contributed by atoms with van der Waals surface area (Å²) < 4.78 is 35.4. The summed E-state index contributed by atoms with van der Waals surface area (Å²) in [6.07, 6.45) is 1.28. The maximum Gasteiger partial charge on any atom is 0.238 e. The summed E-state index contributed by atoms with van der Waals surface area (Å²) in [5.74, 6) is -0.578. The maximum atomic E-state index is 12.6. The van der Waals surface area contributed by atoms with Crippen molar-refractivity contribution in [1.82, 2.24) is 4.90 Å². The molecule has 158 valence electrons. The lowest BCUT2D eigenvalue weighted by Crippen LogP contribution is -2.29. The number of sulfonamides is 1. The molecule has 0 heterocycles. The van der Waals surface area contributed by atoms with Crippen LogP contribution in [0.15, 0.2) is 42.5 Å². The minimum absolute atomic E-state index is 0.0809. The Bertz CT molecular complexity index is 1050. The van der Waals surface area contributed by atoms with Gasteiger partial charge in [0.15, 0.2) is 11.5 Å². The number of methoxy groups -OCH3 is 1. The fraction of sp³-hybridized carbons (Fsp3) is 0.158. The highest BCUT2D eigenvalue weighted by molar-refractivity contribution is 7.92. The maximum absolute atomic E-state index is 12.6. The molecule has 0 saturated carbocycles. The second-order valence-corrected chi connectivity index (χ2v) is 7.77. The van der Waals surface area contributed by atoms with E-state index in [1.54, 1.807) is 30.3 Å². The minimum Gasteiger partial charge on any atom is -0.496 e. The van der Waals surface area contributed by atoms with E-state index in [2.05, 4.69) is 0 Å². The smallest absolute Gasteiger partial charge is 0.238 e. The zero-order chi connectivity index (χ0) is 22.3. The predicted molar refractivity (Wildman–Crippen MR) is 106 cm³/mol. The number of rotatable bonds is 11. The van der Waals surface area contributed by atoms with Crippen LogP contribution >= 0.6 is 0 Å². The molecule has 0 aliphatic heterocycles. The third-order valence-electron chi connectivity index (χ3n) is 3.84. The summed E-state index contributed by atoms with van der Waals surface area (Å²) in [6, 6.07) is 10.6. The van der Waals surface area contributed by atoms with Gasteiger partial charge in [-0.1, -0.05) is 18.2 Å². The zero-order valence-electron chi connectivity index (χ0n) is 16.0. The minimum atomic E-state index is -4.02. The molecular formula is C19H18N2O8S. The molecule has 10 nitrogen and oxygen atoms in total. The molecule has 0 radical (unpaired) electrons. The quantitative estimate of drug-likeness (QED) is 0.381. The fourth-order valence-electron chi connectivity index (χ4n) is 2.47. The number of ether oxygens (including phenoxy) is 2. The monoisotopic (exact) mass is 434 g/mol. The van der Waals surface area contributed by atoms with Crippen molar-refractivity contribution >= 4 is 40.7 Å². The Morgan fingerprint density at radius 2 is 1.63 bits per heavy atom. The molecule has 0 atom stereocenters. The van der Waals surface area contributed by atoms with Crippen molar-refractivity contribution < 1.29 is 37.1 Å². The summed E-state index contributed by atoms with van der Waals surface area (Å²) in [5.41, 5.74) is -0.271. The van der Waals surface area contributed by atoms with Crippen molar-refractivity contribution in [2.75, 3.05) is 24.2 Å². The lowest BCUT2D eigenvalue weighted by molar-refractivity contribution is -0.128. The summed E-state index contributed by atoms with van der Waals surface area (Å²) in [7, 11) is -2.79. The van der Waals surface area contributed by atoms with Gasteiger partial charge in [-0.25, -0.2) is 12.7 Å². The number of benzene rings is 2. The SMILES string of the molecule is COc1cc(N(C=O)S(C)(=O)=O)c(Oc2ccccc2)cc1C(=O)CN(C=O)C=O. The highest BCUT2D eigenvalue weighted by Crippen LogP contribution is 2.39. The first kappa shape index (κ1) is 22.6. The van der Waals surface area contributed by atoms with E-state index in [4.69, 9.17) is 9.47 Å². The Kier molecular flexibility index (Phi) is 7.26. The van der Waals surface area contributed by atoms with Crippen LogP contribution in [0.5, 0.6) is 17.2 Å². The van der Waals surface area contributed by atoms with Crippen molar-refractivity contribution in [3.05, 3.63) is 48.0 Å². The molecule has 0 N–H and O–H groups in total. The summed E-state index contributed by atoms with van der Waals surface area (Å²) in [5, 5.41) is 0. The summed E-state index contributed by atoms with van der Waals surface area (Å²) in [6.45, 7) is -0.572. The molecule has 0 unspecified atom stereocenters. The van der Waals surface area contributed by atoms with Gasteiger partial charge in [0.05, 0.1) is 25.5 Å². The van der Waals surface area contributed by atoms with Gasteiger partial charge in [0.25, 0.3) is 0 Å². The molecule has 3 amide bonds. The van der Waals surface area contributed by atoms with Gasteiger partial charge in [-0.05, 0) is 18.2 Å². The number of nitrogens with zero attached hydrogens (tertiary/aromatic N) is 2. The third-order valence-corrected chi connectivity index (χ3v) is 4.84. The van der Waals surface area contributed by atoms with E-state index in [0.29, 0.717) is 15.0 Å². The van der Waals surface area contributed by atoms with Crippen LogP contribution in [0, 0.1) is 0 Å². The van der Waals surface area contributed by atoms with Crippen LogP contribution in [0.2, 0.25) is 0 Å². The van der Waals surface area contributed by atoms with Crippen molar-refractivity contribution in [3.63, 3.8) is 0 Å². The molecule has 0 aliphatic rings. The highest BCUT2D eigenvalue weighted by atomic mass is 32.2. The molecule has 2 aromatic rings. The molecule has 0 aromatic heterocycles. The Labute approximate surface area is 172 Å². The number of hydrogen-bond donors (Lipinski definition) is 0. The first-order valence-electron chi connectivity index (χ1n) is 8.34. The van der Waals surface area contributed by atoms with Crippen LogP contribution < -0.4 is 13.8 Å². The van der Waals surface area contributed by atoms with E-state index in [1.165, 1.54) is 13.2 Å². The number of imide groups is 1. The van der Waals surface area contributed by atoms with E-state index >= 15 is 0 Å².